The molecule has 1 heterocycles. The van der Waals surface area contributed by atoms with Crippen molar-refractivity contribution in [3.63, 3.8) is 0 Å². The number of aryl methyl sites for hydroxylation is 1. The Morgan fingerprint density at radius 2 is 2.11 bits per heavy atom. The van der Waals surface area contributed by atoms with Gasteiger partial charge in [0.15, 0.2) is 0 Å². The lowest BCUT2D eigenvalue weighted by atomic mass is 10.2. The van der Waals surface area contributed by atoms with Crippen molar-refractivity contribution in [3.8, 4) is 0 Å². The largest absolute Gasteiger partial charge is 0.396 e. The van der Waals surface area contributed by atoms with Gasteiger partial charge in [-0.1, -0.05) is 26.8 Å². The fraction of sp³-hybridized carbons (Fsp3) is 0.643. The molecule has 0 aliphatic rings. The average molecular weight is 268 g/mol. The first-order valence-corrected chi connectivity index (χ1v) is 7.44. The number of rotatable bonds is 7. The predicted molar refractivity (Wildman–Crippen MR) is 77.9 cm³/mol. The lowest BCUT2D eigenvalue weighted by Gasteiger charge is -2.11. The van der Waals surface area contributed by atoms with Gasteiger partial charge in [0, 0.05) is 31.1 Å². The van der Waals surface area contributed by atoms with Crippen molar-refractivity contribution >= 4 is 11.8 Å². The van der Waals surface area contributed by atoms with Gasteiger partial charge in [-0.05, 0) is 24.0 Å². The average Bonchev–Trinajstić information content (AvgIpc) is 2.34. The lowest BCUT2D eigenvalue weighted by Crippen LogP contribution is -2.21. The number of aromatic nitrogens is 1. The van der Waals surface area contributed by atoms with E-state index in [1.165, 1.54) is 11.1 Å². The summed E-state index contributed by atoms with van der Waals surface area (Å²) in [5.41, 5.74) is 2.44. The standard InChI is InChI=1S/C14H24N2OS/c1-10(2)15-6-13-5-12(4)14(16-7-13)18-9-11(3)8-17/h5,7,10-11,15,17H,6,8-9H2,1-4H3. The van der Waals surface area contributed by atoms with Crippen molar-refractivity contribution in [2.24, 2.45) is 5.92 Å². The Morgan fingerprint density at radius 1 is 1.39 bits per heavy atom. The van der Waals surface area contributed by atoms with Gasteiger partial charge in [0.25, 0.3) is 0 Å². The van der Waals surface area contributed by atoms with Crippen LogP contribution in [0, 0.1) is 12.8 Å². The Balaban J connectivity index is 2.56. The van der Waals surface area contributed by atoms with E-state index in [0.717, 1.165) is 17.3 Å². The van der Waals surface area contributed by atoms with Gasteiger partial charge in [0.05, 0.1) is 5.03 Å². The molecule has 0 spiro atoms. The zero-order valence-electron chi connectivity index (χ0n) is 11.7. The Labute approximate surface area is 114 Å². The van der Waals surface area contributed by atoms with E-state index in [9.17, 15) is 0 Å². The minimum Gasteiger partial charge on any atom is -0.396 e. The molecule has 1 aromatic rings. The van der Waals surface area contributed by atoms with Crippen LogP contribution in [0.4, 0.5) is 0 Å². The summed E-state index contributed by atoms with van der Waals surface area (Å²) in [7, 11) is 0. The molecular weight excluding hydrogens is 244 g/mol. The van der Waals surface area contributed by atoms with Gasteiger partial charge in [-0.3, -0.25) is 0 Å². The van der Waals surface area contributed by atoms with Gasteiger partial charge in [-0.25, -0.2) is 4.98 Å². The molecule has 0 saturated heterocycles. The summed E-state index contributed by atoms with van der Waals surface area (Å²) < 4.78 is 0. The summed E-state index contributed by atoms with van der Waals surface area (Å²) in [4.78, 5) is 4.50. The third kappa shape index (κ3) is 5.38. The van der Waals surface area contributed by atoms with Gasteiger partial charge in [0.1, 0.15) is 0 Å². The molecule has 2 N–H and O–H groups in total. The summed E-state index contributed by atoms with van der Waals surface area (Å²) in [6, 6.07) is 2.68. The first kappa shape index (κ1) is 15.5. The molecule has 0 radical (unpaired) electrons. The molecule has 1 aromatic heterocycles. The van der Waals surface area contributed by atoms with E-state index < -0.39 is 0 Å². The molecule has 3 nitrogen and oxygen atoms in total. The van der Waals surface area contributed by atoms with Crippen molar-refractivity contribution in [2.45, 2.75) is 45.3 Å². The van der Waals surface area contributed by atoms with Crippen LogP contribution in [0.2, 0.25) is 0 Å². The smallest absolute Gasteiger partial charge is 0.0989 e. The fourth-order valence-corrected chi connectivity index (χ4v) is 2.43. The molecule has 1 rings (SSSR count). The van der Waals surface area contributed by atoms with E-state index in [4.69, 9.17) is 5.11 Å². The van der Waals surface area contributed by atoms with Crippen LogP contribution in [-0.2, 0) is 6.54 Å². The molecule has 0 bridgehead atoms. The number of aliphatic hydroxyl groups excluding tert-OH is 1. The quantitative estimate of drug-likeness (QED) is 0.746. The minimum absolute atomic E-state index is 0.239. The van der Waals surface area contributed by atoms with Crippen LogP contribution in [0.5, 0.6) is 0 Å². The predicted octanol–water partition coefficient (Wildman–Crippen LogP) is 2.61. The van der Waals surface area contributed by atoms with Crippen LogP contribution in [0.25, 0.3) is 0 Å². The van der Waals surface area contributed by atoms with Crippen molar-refractivity contribution < 1.29 is 5.11 Å². The SMILES string of the molecule is Cc1cc(CNC(C)C)cnc1SCC(C)CO. The number of hydrogen-bond acceptors (Lipinski definition) is 4. The molecule has 0 amide bonds. The van der Waals surface area contributed by atoms with Gasteiger partial charge in [-0.2, -0.15) is 0 Å². The molecule has 0 saturated carbocycles. The Bertz CT molecular complexity index is 369. The highest BCUT2D eigenvalue weighted by Gasteiger charge is 2.06. The first-order chi connectivity index (χ1) is 8.52. The van der Waals surface area contributed by atoms with Gasteiger partial charge in [0.2, 0.25) is 0 Å². The topological polar surface area (TPSA) is 45.2 Å². The molecule has 0 aliphatic heterocycles. The highest BCUT2D eigenvalue weighted by Crippen LogP contribution is 2.22. The summed E-state index contributed by atoms with van der Waals surface area (Å²) in [6.45, 7) is 9.52. The molecular formula is C14H24N2OS. The molecule has 18 heavy (non-hydrogen) atoms. The summed E-state index contributed by atoms with van der Waals surface area (Å²) in [5.74, 6) is 1.23. The Morgan fingerprint density at radius 3 is 2.67 bits per heavy atom. The van der Waals surface area contributed by atoms with Crippen LogP contribution in [-0.4, -0.2) is 28.5 Å². The zero-order valence-corrected chi connectivity index (χ0v) is 12.5. The minimum atomic E-state index is 0.239. The Kier molecular flexibility index (Phi) is 6.68. The molecule has 0 aliphatic carbocycles. The second-order valence-electron chi connectivity index (χ2n) is 5.10. The second-order valence-corrected chi connectivity index (χ2v) is 6.11. The van der Waals surface area contributed by atoms with Crippen LogP contribution in [0.15, 0.2) is 17.3 Å². The normalized spacial score (nSPS) is 13.0. The number of thioether (sulfide) groups is 1. The third-order valence-electron chi connectivity index (χ3n) is 2.62. The highest BCUT2D eigenvalue weighted by molar-refractivity contribution is 7.99. The van der Waals surface area contributed by atoms with E-state index >= 15 is 0 Å². The molecule has 1 unspecified atom stereocenters. The lowest BCUT2D eigenvalue weighted by molar-refractivity contribution is 0.250. The van der Waals surface area contributed by atoms with Crippen molar-refractivity contribution in [1.82, 2.24) is 10.3 Å². The maximum absolute atomic E-state index is 9.01. The van der Waals surface area contributed by atoms with E-state index in [1.54, 1.807) is 11.8 Å². The number of nitrogens with one attached hydrogen (secondary N) is 1. The summed E-state index contributed by atoms with van der Waals surface area (Å²) >= 11 is 1.72. The van der Waals surface area contributed by atoms with Crippen molar-refractivity contribution in [3.05, 3.63) is 23.4 Å². The van der Waals surface area contributed by atoms with Gasteiger partial charge < -0.3 is 10.4 Å². The third-order valence-corrected chi connectivity index (χ3v) is 4.05. The summed E-state index contributed by atoms with van der Waals surface area (Å²) in [5, 5.41) is 13.5. The zero-order chi connectivity index (χ0) is 13.5. The monoisotopic (exact) mass is 268 g/mol. The number of aliphatic hydroxyl groups is 1. The highest BCUT2D eigenvalue weighted by atomic mass is 32.2. The van der Waals surface area contributed by atoms with Crippen LogP contribution >= 0.6 is 11.8 Å². The van der Waals surface area contributed by atoms with Gasteiger partial charge in [-0.15, -0.1) is 11.8 Å². The maximum Gasteiger partial charge on any atom is 0.0989 e. The van der Waals surface area contributed by atoms with Crippen molar-refractivity contribution in [1.29, 1.82) is 0 Å². The van der Waals surface area contributed by atoms with E-state index in [0.29, 0.717) is 12.0 Å². The molecule has 4 heteroatoms. The molecule has 102 valence electrons. The number of pyridine rings is 1. The number of nitrogens with zero attached hydrogens (tertiary/aromatic N) is 1. The van der Waals surface area contributed by atoms with Crippen LogP contribution in [0.1, 0.15) is 31.9 Å². The van der Waals surface area contributed by atoms with Crippen molar-refractivity contribution in [2.75, 3.05) is 12.4 Å². The Hall–Kier alpha value is -0.580. The molecule has 0 fully saturated rings. The number of hydrogen-bond donors (Lipinski definition) is 2. The molecule has 0 aromatic carbocycles. The first-order valence-electron chi connectivity index (χ1n) is 6.45. The summed E-state index contributed by atoms with van der Waals surface area (Å²) in [6.07, 6.45) is 1.94. The van der Waals surface area contributed by atoms with Gasteiger partial charge >= 0.3 is 0 Å². The second kappa shape index (κ2) is 7.77. The van der Waals surface area contributed by atoms with Crippen LogP contribution in [0.3, 0.4) is 0 Å². The van der Waals surface area contributed by atoms with E-state index in [1.807, 2.05) is 13.1 Å². The van der Waals surface area contributed by atoms with E-state index in [-0.39, 0.29) is 6.61 Å². The molecule has 1 atom stereocenters. The fourth-order valence-electron chi connectivity index (χ4n) is 1.46. The van der Waals surface area contributed by atoms with Crippen LogP contribution < -0.4 is 5.32 Å². The van der Waals surface area contributed by atoms with E-state index in [2.05, 4.69) is 37.1 Å². The maximum atomic E-state index is 9.01.